The van der Waals surface area contributed by atoms with Crippen LogP contribution in [0, 0.1) is 13.8 Å². The van der Waals surface area contributed by atoms with Gasteiger partial charge in [-0.1, -0.05) is 15.9 Å². The maximum atomic E-state index is 11.1. The van der Waals surface area contributed by atoms with E-state index in [4.69, 9.17) is 9.84 Å². The van der Waals surface area contributed by atoms with Gasteiger partial charge in [0.05, 0.1) is 0 Å². The van der Waals surface area contributed by atoms with Gasteiger partial charge >= 0.3 is 5.97 Å². The van der Waals surface area contributed by atoms with Crippen LogP contribution in [-0.2, 0) is 0 Å². The van der Waals surface area contributed by atoms with Crippen LogP contribution in [0.4, 0.5) is 0 Å². The summed E-state index contributed by atoms with van der Waals surface area (Å²) in [6, 6.07) is 7.09. The number of aromatic carboxylic acids is 1. The third-order valence-corrected chi connectivity index (χ3v) is 3.48. The number of halogens is 1. The van der Waals surface area contributed by atoms with Crippen molar-refractivity contribution in [3.05, 3.63) is 51.8 Å². The first-order valence-corrected chi connectivity index (χ1v) is 6.40. The predicted octanol–water partition coefficient (Wildman–Crippen LogP) is 3.95. The molecule has 98 valence electrons. The van der Waals surface area contributed by atoms with Gasteiger partial charge in [-0.25, -0.2) is 4.79 Å². The second-order valence-electron chi connectivity index (χ2n) is 4.14. The number of ether oxygens (including phenoxy) is 1. The van der Waals surface area contributed by atoms with Gasteiger partial charge in [0.1, 0.15) is 17.1 Å². The summed E-state index contributed by atoms with van der Waals surface area (Å²) >= 11 is 3.40. The lowest BCUT2D eigenvalue weighted by atomic mass is 10.2. The zero-order chi connectivity index (χ0) is 14.0. The summed E-state index contributed by atoms with van der Waals surface area (Å²) in [6.07, 6.45) is 1.30. The van der Waals surface area contributed by atoms with Crippen LogP contribution in [-0.4, -0.2) is 16.1 Å². The topological polar surface area (TPSA) is 59.4 Å². The SMILES string of the molecule is Cc1cc(Oc2ccc(Br)c(C)c2)c(C(=O)O)cn1. The van der Waals surface area contributed by atoms with Crippen molar-refractivity contribution >= 4 is 21.9 Å². The van der Waals surface area contributed by atoms with Crippen LogP contribution in [0.25, 0.3) is 0 Å². The molecule has 0 atom stereocenters. The molecular formula is C14H12BrNO3. The van der Waals surface area contributed by atoms with Crippen molar-refractivity contribution < 1.29 is 14.6 Å². The molecule has 0 bridgehead atoms. The van der Waals surface area contributed by atoms with Crippen molar-refractivity contribution in [3.63, 3.8) is 0 Å². The van der Waals surface area contributed by atoms with Crippen molar-refractivity contribution in [2.24, 2.45) is 0 Å². The van der Waals surface area contributed by atoms with E-state index in [2.05, 4.69) is 20.9 Å². The summed E-state index contributed by atoms with van der Waals surface area (Å²) < 4.78 is 6.62. The monoisotopic (exact) mass is 321 g/mol. The number of aromatic nitrogens is 1. The molecule has 0 saturated carbocycles. The molecule has 0 unspecified atom stereocenters. The molecule has 2 aromatic rings. The highest BCUT2D eigenvalue weighted by Crippen LogP contribution is 2.28. The minimum atomic E-state index is -1.06. The number of pyridine rings is 1. The number of aryl methyl sites for hydroxylation is 2. The molecule has 4 nitrogen and oxygen atoms in total. The first-order chi connectivity index (χ1) is 8.97. The summed E-state index contributed by atoms with van der Waals surface area (Å²) in [5.74, 6) is -0.174. The first-order valence-electron chi connectivity index (χ1n) is 5.61. The molecule has 1 aromatic heterocycles. The summed E-state index contributed by atoms with van der Waals surface area (Å²) in [5.41, 5.74) is 1.76. The quantitative estimate of drug-likeness (QED) is 0.929. The highest BCUT2D eigenvalue weighted by atomic mass is 79.9. The van der Waals surface area contributed by atoms with E-state index in [-0.39, 0.29) is 5.56 Å². The van der Waals surface area contributed by atoms with E-state index in [1.165, 1.54) is 6.20 Å². The Balaban J connectivity index is 2.39. The predicted molar refractivity (Wildman–Crippen MR) is 74.9 cm³/mol. The third kappa shape index (κ3) is 3.12. The molecule has 0 aliphatic heterocycles. The Kier molecular flexibility index (Phi) is 3.85. The molecule has 0 fully saturated rings. The standard InChI is InChI=1S/C14H12BrNO3/c1-8-5-10(3-4-12(8)15)19-13-6-9(2)16-7-11(13)14(17)18/h3-7H,1-2H3,(H,17,18). The molecule has 0 spiro atoms. The number of hydrogen-bond donors (Lipinski definition) is 1. The fraction of sp³-hybridized carbons (Fsp3) is 0.143. The number of carboxylic acid groups (broad SMARTS) is 1. The molecule has 0 aliphatic rings. The van der Waals surface area contributed by atoms with E-state index in [0.717, 1.165) is 10.0 Å². The van der Waals surface area contributed by atoms with E-state index in [9.17, 15) is 4.79 Å². The van der Waals surface area contributed by atoms with E-state index >= 15 is 0 Å². The fourth-order valence-corrected chi connectivity index (χ4v) is 1.83. The van der Waals surface area contributed by atoms with Crippen molar-refractivity contribution in [2.75, 3.05) is 0 Å². The van der Waals surface area contributed by atoms with Gasteiger partial charge in [0.2, 0.25) is 0 Å². The first kappa shape index (κ1) is 13.5. The Bertz CT molecular complexity index is 641. The molecule has 1 heterocycles. The highest BCUT2D eigenvalue weighted by molar-refractivity contribution is 9.10. The molecule has 1 aromatic carbocycles. The maximum absolute atomic E-state index is 11.1. The number of carbonyl (C=O) groups is 1. The van der Waals surface area contributed by atoms with Crippen LogP contribution >= 0.6 is 15.9 Å². The van der Waals surface area contributed by atoms with E-state index in [1.807, 2.05) is 19.1 Å². The molecule has 19 heavy (non-hydrogen) atoms. The summed E-state index contributed by atoms with van der Waals surface area (Å²) in [5, 5.41) is 9.11. The van der Waals surface area contributed by atoms with Gasteiger partial charge in [-0.15, -0.1) is 0 Å². The lowest BCUT2D eigenvalue weighted by Crippen LogP contribution is -2.02. The number of benzene rings is 1. The van der Waals surface area contributed by atoms with Crippen molar-refractivity contribution in [1.82, 2.24) is 4.98 Å². The molecule has 2 rings (SSSR count). The second kappa shape index (κ2) is 5.40. The van der Waals surface area contributed by atoms with Crippen LogP contribution < -0.4 is 4.74 Å². The maximum Gasteiger partial charge on any atom is 0.341 e. The fourth-order valence-electron chi connectivity index (χ4n) is 1.59. The van der Waals surface area contributed by atoms with Crippen molar-refractivity contribution in [3.8, 4) is 11.5 Å². The molecule has 5 heteroatoms. The largest absolute Gasteiger partial charge is 0.477 e. The Labute approximate surface area is 119 Å². The van der Waals surface area contributed by atoms with Crippen LogP contribution in [0.15, 0.2) is 34.9 Å². The molecule has 0 saturated heterocycles. The number of nitrogens with zero attached hydrogens (tertiary/aromatic N) is 1. The van der Waals surface area contributed by atoms with Gasteiger partial charge in [0, 0.05) is 22.4 Å². The molecule has 1 N–H and O–H groups in total. The van der Waals surface area contributed by atoms with Gasteiger partial charge < -0.3 is 9.84 Å². The third-order valence-electron chi connectivity index (χ3n) is 2.59. The summed E-state index contributed by atoms with van der Waals surface area (Å²) in [7, 11) is 0. The Morgan fingerprint density at radius 3 is 2.68 bits per heavy atom. The Morgan fingerprint density at radius 2 is 2.05 bits per heavy atom. The lowest BCUT2D eigenvalue weighted by Gasteiger charge is -2.10. The number of carboxylic acids is 1. The highest BCUT2D eigenvalue weighted by Gasteiger charge is 2.13. The zero-order valence-electron chi connectivity index (χ0n) is 10.5. The van der Waals surface area contributed by atoms with Crippen LogP contribution in [0.2, 0.25) is 0 Å². The molecule has 0 radical (unpaired) electrons. The van der Waals surface area contributed by atoms with Gasteiger partial charge in [-0.2, -0.15) is 0 Å². The average Bonchev–Trinajstić information content (AvgIpc) is 2.33. The number of hydrogen-bond acceptors (Lipinski definition) is 3. The molecular weight excluding hydrogens is 310 g/mol. The lowest BCUT2D eigenvalue weighted by molar-refractivity contribution is 0.0693. The Morgan fingerprint density at radius 1 is 1.32 bits per heavy atom. The number of rotatable bonds is 3. The van der Waals surface area contributed by atoms with E-state index in [1.54, 1.807) is 19.1 Å². The Hall–Kier alpha value is -1.88. The van der Waals surface area contributed by atoms with Crippen LogP contribution in [0.5, 0.6) is 11.5 Å². The minimum Gasteiger partial charge on any atom is -0.477 e. The normalized spacial score (nSPS) is 10.3. The van der Waals surface area contributed by atoms with Crippen LogP contribution in [0.3, 0.4) is 0 Å². The van der Waals surface area contributed by atoms with Gasteiger partial charge in [0.25, 0.3) is 0 Å². The van der Waals surface area contributed by atoms with Crippen LogP contribution in [0.1, 0.15) is 21.6 Å². The second-order valence-corrected chi connectivity index (χ2v) is 4.99. The van der Waals surface area contributed by atoms with E-state index < -0.39 is 5.97 Å². The zero-order valence-corrected chi connectivity index (χ0v) is 12.1. The van der Waals surface area contributed by atoms with Crippen molar-refractivity contribution in [1.29, 1.82) is 0 Å². The minimum absolute atomic E-state index is 0.0474. The average molecular weight is 322 g/mol. The van der Waals surface area contributed by atoms with E-state index in [0.29, 0.717) is 17.2 Å². The van der Waals surface area contributed by atoms with Gasteiger partial charge in [-0.05, 0) is 37.6 Å². The van der Waals surface area contributed by atoms with Gasteiger partial charge in [-0.3, -0.25) is 4.98 Å². The molecule has 0 aliphatic carbocycles. The summed E-state index contributed by atoms with van der Waals surface area (Å²) in [4.78, 5) is 15.1. The molecule has 0 amide bonds. The smallest absolute Gasteiger partial charge is 0.341 e. The van der Waals surface area contributed by atoms with Crippen molar-refractivity contribution in [2.45, 2.75) is 13.8 Å². The summed E-state index contributed by atoms with van der Waals surface area (Å²) in [6.45, 7) is 3.72. The van der Waals surface area contributed by atoms with Gasteiger partial charge in [0.15, 0.2) is 0 Å².